The maximum Gasteiger partial charge on any atom is 0.228 e. The molecule has 1 atom stereocenters. The number of alkyl halides is 1. The molecule has 0 bridgehead atoms. The molecule has 1 aromatic rings. The molecule has 1 amide bonds. The molecule has 0 aliphatic carbocycles. The Labute approximate surface area is 102 Å². The van der Waals surface area contributed by atoms with Crippen molar-refractivity contribution < 1.29 is 4.79 Å². The summed E-state index contributed by atoms with van der Waals surface area (Å²) in [4.78, 5) is 13.4. The topological polar surface area (TPSA) is 20.3 Å². The van der Waals surface area contributed by atoms with Crippen molar-refractivity contribution in [3.05, 3.63) is 28.2 Å². The highest BCUT2D eigenvalue weighted by atomic mass is 79.9. The van der Waals surface area contributed by atoms with Crippen molar-refractivity contribution in [3.8, 4) is 0 Å². The van der Waals surface area contributed by atoms with Gasteiger partial charge < -0.3 is 4.90 Å². The van der Waals surface area contributed by atoms with Crippen LogP contribution >= 0.6 is 27.5 Å². The van der Waals surface area contributed by atoms with E-state index < -0.39 is 0 Å². The van der Waals surface area contributed by atoms with Gasteiger partial charge in [0.25, 0.3) is 0 Å². The Kier molecular flexibility index (Phi) is 3.03. The van der Waals surface area contributed by atoms with Crippen LogP contribution in [0.25, 0.3) is 0 Å². The van der Waals surface area contributed by atoms with Crippen LogP contribution in [0.1, 0.15) is 12.0 Å². The molecule has 2 nitrogen and oxygen atoms in total. The number of carbonyl (C=O) groups is 1. The minimum Gasteiger partial charge on any atom is -0.311 e. The monoisotopic (exact) mass is 287 g/mol. The zero-order valence-electron chi connectivity index (χ0n) is 8.34. The number of halogens is 2. The summed E-state index contributed by atoms with van der Waals surface area (Å²) in [5.41, 5.74) is 2.04. The van der Waals surface area contributed by atoms with Crippen molar-refractivity contribution >= 4 is 39.1 Å². The minimum absolute atomic E-state index is 0.0594. The smallest absolute Gasteiger partial charge is 0.228 e. The van der Waals surface area contributed by atoms with Crippen LogP contribution in [-0.4, -0.2) is 17.8 Å². The average molecular weight is 289 g/mol. The number of benzene rings is 1. The standard InChI is InChI=1S/C11H11BrClNO/c1-7-9(12)3-2-4-10(7)14-6-8(13)5-11(14)15/h2-4,8H,5-6H2,1H3. The van der Waals surface area contributed by atoms with Crippen LogP contribution in [0.2, 0.25) is 0 Å². The maximum absolute atomic E-state index is 11.7. The Morgan fingerprint density at radius 2 is 2.27 bits per heavy atom. The van der Waals surface area contributed by atoms with Gasteiger partial charge in [-0.2, -0.15) is 0 Å². The second kappa shape index (κ2) is 4.14. The summed E-state index contributed by atoms with van der Waals surface area (Å²) in [6.45, 7) is 2.60. The van der Waals surface area contributed by atoms with E-state index in [0.29, 0.717) is 13.0 Å². The maximum atomic E-state index is 11.7. The lowest BCUT2D eigenvalue weighted by Crippen LogP contribution is -2.25. The molecule has 1 aromatic carbocycles. The molecule has 2 rings (SSSR count). The molecule has 0 radical (unpaired) electrons. The normalized spacial score (nSPS) is 21.1. The van der Waals surface area contributed by atoms with Crippen LogP contribution in [0.4, 0.5) is 5.69 Å². The number of carbonyl (C=O) groups excluding carboxylic acids is 1. The van der Waals surface area contributed by atoms with E-state index >= 15 is 0 Å². The predicted octanol–water partition coefficient (Wildman–Crippen LogP) is 3.10. The van der Waals surface area contributed by atoms with E-state index in [9.17, 15) is 4.79 Å². The summed E-state index contributed by atoms with van der Waals surface area (Å²) in [5.74, 6) is 0.108. The third-order valence-corrected chi connectivity index (χ3v) is 3.76. The molecule has 1 fully saturated rings. The second-order valence-electron chi connectivity index (χ2n) is 3.69. The summed E-state index contributed by atoms with van der Waals surface area (Å²) in [6.07, 6.45) is 0.438. The van der Waals surface area contributed by atoms with Crippen molar-refractivity contribution in [2.45, 2.75) is 18.7 Å². The largest absolute Gasteiger partial charge is 0.311 e. The Bertz CT molecular complexity index is 408. The Morgan fingerprint density at radius 1 is 1.53 bits per heavy atom. The lowest BCUT2D eigenvalue weighted by Gasteiger charge is -2.19. The number of hydrogen-bond donors (Lipinski definition) is 0. The third kappa shape index (κ3) is 2.04. The highest BCUT2D eigenvalue weighted by molar-refractivity contribution is 9.10. The van der Waals surface area contributed by atoms with Crippen LogP contribution in [0, 0.1) is 6.92 Å². The third-order valence-electron chi connectivity index (χ3n) is 2.61. The van der Waals surface area contributed by atoms with Gasteiger partial charge in [0.1, 0.15) is 0 Å². The minimum atomic E-state index is -0.0594. The summed E-state index contributed by atoms with van der Waals surface area (Å²) in [6, 6.07) is 5.85. The Hall–Kier alpha value is -0.540. The highest BCUT2D eigenvalue weighted by Gasteiger charge is 2.30. The van der Waals surface area contributed by atoms with E-state index in [4.69, 9.17) is 11.6 Å². The van der Waals surface area contributed by atoms with E-state index in [1.807, 2.05) is 25.1 Å². The number of rotatable bonds is 1. The van der Waals surface area contributed by atoms with Crippen molar-refractivity contribution in [2.75, 3.05) is 11.4 Å². The van der Waals surface area contributed by atoms with Gasteiger partial charge >= 0.3 is 0 Å². The summed E-state index contributed by atoms with van der Waals surface area (Å²) < 4.78 is 1.02. The quantitative estimate of drug-likeness (QED) is 0.727. The Balaban J connectivity index is 2.38. The second-order valence-corrected chi connectivity index (χ2v) is 5.16. The van der Waals surface area contributed by atoms with Crippen molar-refractivity contribution in [1.82, 2.24) is 0 Å². The fourth-order valence-corrected chi connectivity index (χ4v) is 2.41. The van der Waals surface area contributed by atoms with Gasteiger partial charge in [-0.1, -0.05) is 22.0 Å². The first-order valence-corrected chi connectivity index (χ1v) is 6.02. The molecule has 4 heteroatoms. The van der Waals surface area contributed by atoms with E-state index in [1.165, 1.54) is 0 Å². The van der Waals surface area contributed by atoms with Crippen LogP contribution in [0.5, 0.6) is 0 Å². The molecule has 0 N–H and O–H groups in total. The van der Waals surface area contributed by atoms with Crippen LogP contribution in [-0.2, 0) is 4.79 Å². The van der Waals surface area contributed by atoms with E-state index in [-0.39, 0.29) is 11.3 Å². The Morgan fingerprint density at radius 3 is 2.87 bits per heavy atom. The van der Waals surface area contributed by atoms with Gasteiger partial charge in [0.2, 0.25) is 5.91 Å². The molecule has 1 saturated heterocycles. The first kappa shape index (κ1) is 11.0. The fourth-order valence-electron chi connectivity index (χ4n) is 1.79. The van der Waals surface area contributed by atoms with Crippen molar-refractivity contribution in [2.24, 2.45) is 0 Å². The highest BCUT2D eigenvalue weighted by Crippen LogP contribution is 2.30. The lowest BCUT2D eigenvalue weighted by atomic mass is 10.2. The molecule has 0 saturated carbocycles. The molecule has 1 heterocycles. The molecule has 0 spiro atoms. The van der Waals surface area contributed by atoms with Crippen molar-refractivity contribution in [3.63, 3.8) is 0 Å². The van der Waals surface area contributed by atoms with Gasteiger partial charge in [-0.3, -0.25) is 4.79 Å². The van der Waals surface area contributed by atoms with Gasteiger partial charge in [-0.15, -0.1) is 11.6 Å². The SMILES string of the molecule is Cc1c(Br)cccc1N1CC(Cl)CC1=O. The number of hydrogen-bond acceptors (Lipinski definition) is 1. The lowest BCUT2D eigenvalue weighted by molar-refractivity contribution is -0.117. The van der Waals surface area contributed by atoms with E-state index in [0.717, 1.165) is 15.7 Å². The zero-order valence-corrected chi connectivity index (χ0v) is 10.7. The molecule has 1 aliphatic rings. The molecule has 1 unspecified atom stereocenters. The summed E-state index contributed by atoms with van der Waals surface area (Å²) in [7, 11) is 0. The van der Waals surface area contributed by atoms with Gasteiger partial charge in [0.15, 0.2) is 0 Å². The first-order valence-electron chi connectivity index (χ1n) is 4.79. The number of nitrogens with zero attached hydrogens (tertiary/aromatic N) is 1. The van der Waals surface area contributed by atoms with Gasteiger partial charge in [-0.05, 0) is 24.6 Å². The molecular weight excluding hydrogens is 277 g/mol. The molecule has 15 heavy (non-hydrogen) atoms. The molecule has 0 aromatic heterocycles. The van der Waals surface area contributed by atoms with E-state index in [2.05, 4.69) is 15.9 Å². The van der Waals surface area contributed by atoms with Crippen LogP contribution in [0.15, 0.2) is 22.7 Å². The zero-order chi connectivity index (χ0) is 11.0. The van der Waals surface area contributed by atoms with Gasteiger partial charge in [-0.25, -0.2) is 0 Å². The van der Waals surface area contributed by atoms with E-state index in [1.54, 1.807) is 4.90 Å². The van der Waals surface area contributed by atoms with Crippen molar-refractivity contribution in [1.29, 1.82) is 0 Å². The fraction of sp³-hybridized carbons (Fsp3) is 0.364. The molecule has 80 valence electrons. The van der Waals surface area contributed by atoms with Gasteiger partial charge in [0.05, 0.1) is 5.38 Å². The number of anilines is 1. The van der Waals surface area contributed by atoms with Gasteiger partial charge in [0, 0.05) is 23.1 Å². The van der Waals surface area contributed by atoms with Crippen LogP contribution in [0.3, 0.4) is 0 Å². The first-order chi connectivity index (χ1) is 7.09. The number of amides is 1. The molecule has 1 aliphatic heterocycles. The summed E-state index contributed by atoms with van der Waals surface area (Å²) >= 11 is 9.43. The average Bonchev–Trinajstić information content (AvgIpc) is 2.50. The summed E-state index contributed by atoms with van der Waals surface area (Å²) in [5, 5.41) is -0.0594. The van der Waals surface area contributed by atoms with Crippen LogP contribution < -0.4 is 4.90 Å². The molecular formula is C11H11BrClNO. The predicted molar refractivity (Wildman–Crippen MR) is 65.5 cm³/mol.